The largest absolute Gasteiger partial charge is 0.508 e. The van der Waals surface area contributed by atoms with Crippen LogP contribution in [0.15, 0.2) is 72.8 Å². The third-order valence-electron chi connectivity index (χ3n) is 5.98. The molecular formula is C28H22O7. The van der Waals surface area contributed by atoms with Gasteiger partial charge < -0.3 is 35.4 Å². The quantitative estimate of drug-likeness (QED) is 0.222. The predicted octanol–water partition coefficient (Wildman–Crippen LogP) is 5.36. The summed E-state index contributed by atoms with van der Waals surface area (Å²) >= 11 is 0. The van der Waals surface area contributed by atoms with Gasteiger partial charge in [-0.3, -0.25) is 0 Å². The van der Waals surface area contributed by atoms with E-state index in [2.05, 4.69) is 0 Å². The number of fused-ring (bicyclic) bond motifs is 1. The molecule has 0 aliphatic carbocycles. The highest BCUT2D eigenvalue weighted by molar-refractivity contribution is 5.75. The first-order valence-corrected chi connectivity index (χ1v) is 10.8. The summed E-state index contributed by atoms with van der Waals surface area (Å²) in [6.07, 6.45) is 2.83. The van der Waals surface area contributed by atoms with Crippen LogP contribution < -0.4 is 4.74 Å². The molecule has 1 aliphatic heterocycles. The van der Waals surface area contributed by atoms with E-state index in [1.165, 1.54) is 36.4 Å². The lowest BCUT2D eigenvalue weighted by molar-refractivity contribution is 0.216. The molecule has 0 radical (unpaired) electrons. The van der Waals surface area contributed by atoms with Crippen molar-refractivity contribution in [3.05, 3.63) is 101 Å². The number of ether oxygens (including phenoxy) is 1. The van der Waals surface area contributed by atoms with Crippen molar-refractivity contribution in [2.24, 2.45) is 0 Å². The summed E-state index contributed by atoms with van der Waals surface area (Å²) in [6, 6.07) is 18.1. The number of phenols is 6. The number of rotatable bonds is 4. The van der Waals surface area contributed by atoms with Crippen LogP contribution in [0.2, 0.25) is 0 Å². The molecule has 0 aromatic heterocycles. The van der Waals surface area contributed by atoms with Crippen LogP contribution in [0.1, 0.15) is 39.8 Å². The van der Waals surface area contributed by atoms with E-state index in [0.29, 0.717) is 28.0 Å². The summed E-state index contributed by atoms with van der Waals surface area (Å²) in [4.78, 5) is 0. The molecule has 0 saturated carbocycles. The first-order valence-electron chi connectivity index (χ1n) is 10.8. The van der Waals surface area contributed by atoms with Crippen LogP contribution in [0, 0.1) is 0 Å². The summed E-state index contributed by atoms with van der Waals surface area (Å²) in [7, 11) is 0. The minimum Gasteiger partial charge on any atom is -0.508 e. The topological polar surface area (TPSA) is 131 Å². The molecule has 0 unspecified atom stereocenters. The van der Waals surface area contributed by atoms with Crippen molar-refractivity contribution in [3.8, 4) is 40.2 Å². The second-order valence-corrected chi connectivity index (χ2v) is 8.41. The molecule has 7 heteroatoms. The van der Waals surface area contributed by atoms with Gasteiger partial charge in [-0.1, -0.05) is 24.3 Å². The molecule has 0 fully saturated rings. The van der Waals surface area contributed by atoms with Gasteiger partial charge in [0.15, 0.2) is 0 Å². The smallest absolute Gasteiger partial charge is 0.138 e. The Labute approximate surface area is 200 Å². The zero-order valence-corrected chi connectivity index (χ0v) is 18.3. The number of hydrogen-bond donors (Lipinski definition) is 6. The van der Waals surface area contributed by atoms with Crippen LogP contribution in [0.4, 0.5) is 0 Å². The summed E-state index contributed by atoms with van der Waals surface area (Å²) < 4.78 is 6.22. The molecule has 0 bridgehead atoms. The molecule has 4 aromatic rings. The van der Waals surface area contributed by atoms with E-state index in [4.69, 9.17) is 4.74 Å². The standard InChI is InChI=1S/C28H22O7/c29-18-5-2-15(3-6-18)1-4-16-9-22(33)14-25-26(16)27(17-10-20(31)12-21(32)11-17)28(35-25)23-8-7-19(30)13-24(23)34/h1-14,27-34H/b4-1+/t27-,28+/m1/s1. The third-order valence-corrected chi connectivity index (χ3v) is 5.98. The van der Waals surface area contributed by atoms with E-state index >= 15 is 0 Å². The molecule has 176 valence electrons. The van der Waals surface area contributed by atoms with Crippen molar-refractivity contribution in [2.45, 2.75) is 12.0 Å². The van der Waals surface area contributed by atoms with E-state index in [0.717, 1.165) is 5.56 Å². The number of benzene rings is 4. The monoisotopic (exact) mass is 470 g/mol. The molecule has 0 spiro atoms. The Balaban J connectivity index is 1.69. The number of hydrogen-bond acceptors (Lipinski definition) is 7. The highest BCUT2D eigenvalue weighted by atomic mass is 16.5. The van der Waals surface area contributed by atoms with Crippen LogP contribution >= 0.6 is 0 Å². The molecule has 4 aromatic carbocycles. The van der Waals surface area contributed by atoms with Gasteiger partial charge in [-0.2, -0.15) is 0 Å². The van der Waals surface area contributed by atoms with Gasteiger partial charge in [0.1, 0.15) is 46.4 Å². The minimum atomic E-state index is -0.783. The first-order chi connectivity index (χ1) is 16.8. The average Bonchev–Trinajstić information content (AvgIpc) is 3.17. The average molecular weight is 470 g/mol. The first kappa shape index (κ1) is 22.0. The van der Waals surface area contributed by atoms with Gasteiger partial charge >= 0.3 is 0 Å². The van der Waals surface area contributed by atoms with E-state index in [9.17, 15) is 30.6 Å². The van der Waals surface area contributed by atoms with Crippen molar-refractivity contribution in [2.75, 3.05) is 0 Å². The summed E-state index contributed by atoms with van der Waals surface area (Å²) in [5.74, 6) is -0.647. The fourth-order valence-electron chi connectivity index (χ4n) is 4.48. The maximum atomic E-state index is 10.6. The summed E-state index contributed by atoms with van der Waals surface area (Å²) in [6.45, 7) is 0. The van der Waals surface area contributed by atoms with Crippen LogP contribution in [-0.2, 0) is 0 Å². The Morgan fingerprint density at radius 2 is 1.26 bits per heavy atom. The van der Waals surface area contributed by atoms with E-state index in [1.807, 2.05) is 6.08 Å². The highest BCUT2D eigenvalue weighted by Crippen LogP contribution is 2.54. The van der Waals surface area contributed by atoms with Crippen LogP contribution in [-0.4, -0.2) is 30.6 Å². The molecule has 0 saturated heterocycles. The highest BCUT2D eigenvalue weighted by Gasteiger charge is 2.40. The number of aromatic hydroxyl groups is 6. The maximum Gasteiger partial charge on any atom is 0.138 e. The van der Waals surface area contributed by atoms with Crippen molar-refractivity contribution in [1.29, 1.82) is 0 Å². The molecule has 35 heavy (non-hydrogen) atoms. The molecule has 7 nitrogen and oxygen atoms in total. The molecule has 2 atom stereocenters. The van der Waals surface area contributed by atoms with Crippen molar-refractivity contribution >= 4 is 12.2 Å². The zero-order chi connectivity index (χ0) is 24.7. The van der Waals surface area contributed by atoms with Crippen molar-refractivity contribution in [1.82, 2.24) is 0 Å². The minimum absolute atomic E-state index is 0.0257. The van der Waals surface area contributed by atoms with Gasteiger partial charge in [-0.25, -0.2) is 0 Å². The van der Waals surface area contributed by atoms with Gasteiger partial charge in [0.25, 0.3) is 0 Å². The fraction of sp³-hybridized carbons (Fsp3) is 0.0714. The van der Waals surface area contributed by atoms with E-state index in [-0.39, 0.29) is 34.5 Å². The Morgan fingerprint density at radius 3 is 1.94 bits per heavy atom. The summed E-state index contributed by atoms with van der Waals surface area (Å²) in [5, 5.41) is 60.6. The lowest BCUT2D eigenvalue weighted by atomic mass is 9.82. The molecular weight excluding hydrogens is 448 g/mol. The van der Waals surface area contributed by atoms with E-state index < -0.39 is 12.0 Å². The van der Waals surface area contributed by atoms with Gasteiger partial charge in [-0.15, -0.1) is 0 Å². The van der Waals surface area contributed by atoms with Crippen LogP contribution in [0.25, 0.3) is 12.2 Å². The van der Waals surface area contributed by atoms with Crippen molar-refractivity contribution < 1.29 is 35.4 Å². The lowest BCUT2D eigenvalue weighted by Gasteiger charge is -2.22. The Morgan fingerprint density at radius 1 is 0.600 bits per heavy atom. The molecule has 5 rings (SSSR count). The van der Waals surface area contributed by atoms with Gasteiger partial charge in [0.05, 0.1) is 5.92 Å². The fourth-order valence-corrected chi connectivity index (χ4v) is 4.48. The molecule has 0 amide bonds. The predicted molar refractivity (Wildman–Crippen MR) is 130 cm³/mol. The summed E-state index contributed by atoms with van der Waals surface area (Å²) in [5.41, 5.74) is 3.04. The molecule has 1 heterocycles. The SMILES string of the molecule is Oc1ccc(/C=C/c2cc(O)cc3c2[C@@H](c2cc(O)cc(O)c2)[C@H](c2ccc(O)cc2O)O3)cc1. The maximum absolute atomic E-state index is 10.6. The Bertz CT molecular complexity index is 1420. The normalized spacial score (nSPS) is 16.8. The van der Waals surface area contributed by atoms with Crippen LogP contribution in [0.5, 0.6) is 40.2 Å². The third kappa shape index (κ3) is 4.27. The second kappa shape index (κ2) is 8.53. The Hall–Kier alpha value is -4.78. The lowest BCUT2D eigenvalue weighted by Crippen LogP contribution is -2.12. The second-order valence-electron chi connectivity index (χ2n) is 8.41. The van der Waals surface area contributed by atoms with Gasteiger partial charge in [-0.05, 0) is 59.2 Å². The number of phenolic OH excluding ortho intramolecular Hbond substituents is 6. The van der Waals surface area contributed by atoms with Gasteiger partial charge in [0.2, 0.25) is 0 Å². The Kier molecular flexibility index (Phi) is 5.37. The molecule has 6 N–H and O–H groups in total. The van der Waals surface area contributed by atoms with Crippen LogP contribution in [0.3, 0.4) is 0 Å². The zero-order valence-electron chi connectivity index (χ0n) is 18.3. The van der Waals surface area contributed by atoms with E-state index in [1.54, 1.807) is 42.5 Å². The van der Waals surface area contributed by atoms with Gasteiger partial charge in [0, 0.05) is 29.3 Å². The van der Waals surface area contributed by atoms with Crippen molar-refractivity contribution in [3.63, 3.8) is 0 Å². The molecule has 1 aliphatic rings.